The number of likely N-dealkylation sites (tertiary alicyclic amines) is 1. The van der Waals surface area contributed by atoms with Gasteiger partial charge in [0.15, 0.2) is 5.96 Å². The van der Waals surface area contributed by atoms with E-state index in [0.717, 1.165) is 38.4 Å². The maximum Gasteiger partial charge on any atom is 0.244 e. The fourth-order valence-corrected chi connectivity index (χ4v) is 3.74. The van der Waals surface area contributed by atoms with E-state index in [4.69, 9.17) is 0 Å². The highest BCUT2D eigenvalue weighted by atomic mass is 19.1. The Balaban J connectivity index is 1.55. The molecule has 154 valence electrons. The Morgan fingerprint density at radius 2 is 2.00 bits per heavy atom. The van der Waals surface area contributed by atoms with Crippen molar-refractivity contribution in [2.24, 2.45) is 4.99 Å². The summed E-state index contributed by atoms with van der Waals surface area (Å²) in [5.74, 6) is -0.471. The standard InChI is InChI=1S/C20H29F2N5O/c1-2-23-20(24-13-19(28)26-9-4-3-5-10-26)25-16-8-11-27(14-16)18-7-6-15(21)12-17(18)22/h6-7,12,16H,2-5,8-11,13-14H2,1H3,(H2,23,24,25). The molecular formula is C20H29F2N5O. The molecular weight excluding hydrogens is 364 g/mol. The van der Waals surface area contributed by atoms with E-state index in [1.165, 1.54) is 18.6 Å². The smallest absolute Gasteiger partial charge is 0.244 e. The third kappa shape index (κ3) is 5.33. The minimum absolute atomic E-state index is 0.0540. The van der Waals surface area contributed by atoms with Gasteiger partial charge in [0.05, 0.1) is 5.69 Å². The first-order valence-electron chi connectivity index (χ1n) is 10.1. The monoisotopic (exact) mass is 393 g/mol. The molecule has 1 aromatic carbocycles. The molecule has 0 radical (unpaired) electrons. The van der Waals surface area contributed by atoms with Crippen molar-refractivity contribution in [2.45, 2.75) is 38.6 Å². The maximum absolute atomic E-state index is 14.0. The van der Waals surface area contributed by atoms with Crippen molar-refractivity contribution in [1.29, 1.82) is 0 Å². The molecule has 2 N–H and O–H groups in total. The SMILES string of the molecule is CCNC(=NCC(=O)N1CCCCC1)NC1CCN(c2ccc(F)cc2F)C1. The van der Waals surface area contributed by atoms with E-state index in [0.29, 0.717) is 31.3 Å². The van der Waals surface area contributed by atoms with Crippen LogP contribution in [-0.4, -0.2) is 62.1 Å². The van der Waals surface area contributed by atoms with Crippen LogP contribution in [0.5, 0.6) is 0 Å². The highest BCUT2D eigenvalue weighted by Crippen LogP contribution is 2.24. The number of carbonyl (C=O) groups excluding carboxylic acids is 1. The summed E-state index contributed by atoms with van der Waals surface area (Å²) < 4.78 is 27.1. The number of hydrogen-bond donors (Lipinski definition) is 2. The maximum atomic E-state index is 14.0. The van der Waals surface area contributed by atoms with Gasteiger partial charge in [0, 0.05) is 44.8 Å². The van der Waals surface area contributed by atoms with E-state index in [1.807, 2.05) is 16.7 Å². The van der Waals surface area contributed by atoms with Gasteiger partial charge in [0.1, 0.15) is 18.2 Å². The van der Waals surface area contributed by atoms with Crippen LogP contribution in [0.3, 0.4) is 0 Å². The van der Waals surface area contributed by atoms with Crippen LogP contribution < -0.4 is 15.5 Å². The van der Waals surface area contributed by atoms with Crippen molar-refractivity contribution in [3.63, 3.8) is 0 Å². The lowest BCUT2D eigenvalue weighted by Crippen LogP contribution is -2.45. The second-order valence-corrected chi connectivity index (χ2v) is 7.31. The first-order valence-corrected chi connectivity index (χ1v) is 10.1. The van der Waals surface area contributed by atoms with Crippen molar-refractivity contribution in [2.75, 3.05) is 44.2 Å². The Bertz CT molecular complexity index is 706. The molecule has 0 aliphatic carbocycles. The van der Waals surface area contributed by atoms with Gasteiger partial charge >= 0.3 is 0 Å². The zero-order chi connectivity index (χ0) is 19.9. The summed E-state index contributed by atoms with van der Waals surface area (Å²) in [6.45, 7) is 5.68. The number of rotatable bonds is 5. The summed E-state index contributed by atoms with van der Waals surface area (Å²) >= 11 is 0. The molecule has 0 spiro atoms. The van der Waals surface area contributed by atoms with Crippen molar-refractivity contribution < 1.29 is 13.6 Å². The van der Waals surface area contributed by atoms with Crippen LogP contribution in [0.25, 0.3) is 0 Å². The number of guanidine groups is 1. The Morgan fingerprint density at radius 3 is 2.71 bits per heavy atom. The van der Waals surface area contributed by atoms with Crippen LogP contribution in [-0.2, 0) is 4.79 Å². The third-order valence-corrected chi connectivity index (χ3v) is 5.20. The molecule has 0 bridgehead atoms. The first kappa shape index (κ1) is 20.4. The lowest BCUT2D eigenvalue weighted by atomic mass is 10.1. The van der Waals surface area contributed by atoms with E-state index in [-0.39, 0.29) is 18.5 Å². The number of nitrogens with zero attached hydrogens (tertiary/aromatic N) is 3. The minimum Gasteiger partial charge on any atom is -0.367 e. The van der Waals surface area contributed by atoms with Crippen LogP contribution in [0, 0.1) is 11.6 Å². The highest BCUT2D eigenvalue weighted by molar-refractivity contribution is 5.85. The number of anilines is 1. The summed E-state index contributed by atoms with van der Waals surface area (Å²) in [7, 11) is 0. The summed E-state index contributed by atoms with van der Waals surface area (Å²) in [4.78, 5) is 20.5. The largest absolute Gasteiger partial charge is 0.367 e. The Labute approximate surface area is 165 Å². The first-order chi connectivity index (χ1) is 13.6. The van der Waals surface area contributed by atoms with Gasteiger partial charge in [-0.1, -0.05) is 0 Å². The normalized spacial score (nSPS) is 20.4. The third-order valence-electron chi connectivity index (χ3n) is 5.20. The topological polar surface area (TPSA) is 60.0 Å². The van der Waals surface area contributed by atoms with Crippen LogP contribution in [0.1, 0.15) is 32.6 Å². The lowest BCUT2D eigenvalue weighted by molar-refractivity contribution is -0.130. The average Bonchev–Trinajstić information content (AvgIpc) is 3.15. The molecule has 1 atom stereocenters. The van der Waals surface area contributed by atoms with Gasteiger partial charge in [-0.2, -0.15) is 0 Å². The molecule has 1 amide bonds. The van der Waals surface area contributed by atoms with Gasteiger partial charge in [-0.3, -0.25) is 4.79 Å². The summed E-state index contributed by atoms with van der Waals surface area (Å²) in [6, 6.07) is 3.74. The van der Waals surface area contributed by atoms with Crippen molar-refractivity contribution in [1.82, 2.24) is 15.5 Å². The van der Waals surface area contributed by atoms with Crippen LogP contribution in [0.4, 0.5) is 14.5 Å². The number of carbonyl (C=O) groups is 1. The second-order valence-electron chi connectivity index (χ2n) is 7.31. The molecule has 2 heterocycles. The number of amides is 1. The van der Waals surface area contributed by atoms with E-state index < -0.39 is 11.6 Å². The van der Waals surface area contributed by atoms with E-state index in [9.17, 15) is 13.6 Å². The number of nitrogens with one attached hydrogen (secondary N) is 2. The summed E-state index contributed by atoms with van der Waals surface area (Å²) in [5.41, 5.74) is 0.410. The van der Waals surface area contributed by atoms with Gasteiger partial charge < -0.3 is 20.4 Å². The zero-order valence-corrected chi connectivity index (χ0v) is 16.4. The second kappa shape index (κ2) is 9.71. The summed E-state index contributed by atoms with van der Waals surface area (Å²) in [5, 5.41) is 6.50. The number of hydrogen-bond acceptors (Lipinski definition) is 3. The molecule has 2 fully saturated rings. The Morgan fingerprint density at radius 1 is 1.21 bits per heavy atom. The molecule has 1 aromatic rings. The molecule has 28 heavy (non-hydrogen) atoms. The minimum atomic E-state index is -0.574. The number of aliphatic imine (C=N–C) groups is 1. The zero-order valence-electron chi connectivity index (χ0n) is 16.4. The Hall–Kier alpha value is -2.38. The van der Waals surface area contributed by atoms with E-state index in [1.54, 1.807) is 0 Å². The van der Waals surface area contributed by atoms with E-state index >= 15 is 0 Å². The number of halogens is 2. The number of piperidine rings is 1. The molecule has 6 nitrogen and oxygen atoms in total. The summed E-state index contributed by atoms with van der Waals surface area (Å²) in [6.07, 6.45) is 4.11. The molecule has 2 aliphatic heterocycles. The fourth-order valence-electron chi connectivity index (χ4n) is 3.74. The predicted molar refractivity (Wildman–Crippen MR) is 107 cm³/mol. The Kier molecular flexibility index (Phi) is 7.06. The molecule has 0 aromatic heterocycles. The highest BCUT2D eigenvalue weighted by Gasteiger charge is 2.25. The van der Waals surface area contributed by atoms with Crippen molar-refractivity contribution in [3.8, 4) is 0 Å². The molecule has 0 saturated carbocycles. The molecule has 3 rings (SSSR count). The quantitative estimate of drug-likeness (QED) is 0.594. The van der Waals surface area contributed by atoms with Gasteiger partial charge in [0.25, 0.3) is 0 Å². The number of benzene rings is 1. The van der Waals surface area contributed by atoms with Gasteiger partial charge in [-0.05, 0) is 44.7 Å². The van der Waals surface area contributed by atoms with Gasteiger partial charge in [-0.25, -0.2) is 13.8 Å². The average molecular weight is 393 g/mol. The van der Waals surface area contributed by atoms with Crippen LogP contribution >= 0.6 is 0 Å². The van der Waals surface area contributed by atoms with Crippen LogP contribution in [0.2, 0.25) is 0 Å². The predicted octanol–water partition coefficient (Wildman–Crippen LogP) is 2.11. The molecule has 1 unspecified atom stereocenters. The molecule has 2 aliphatic rings. The molecule has 2 saturated heterocycles. The van der Waals surface area contributed by atoms with E-state index in [2.05, 4.69) is 15.6 Å². The lowest BCUT2D eigenvalue weighted by Gasteiger charge is -2.26. The van der Waals surface area contributed by atoms with Gasteiger partial charge in [0.2, 0.25) is 5.91 Å². The molecule has 8 heteroatoms. The fraction of sp³-hybridized carbons (Fsp3) is 0.600. The van der Waals surface area contributed by atoms with Crippen molar-refractivity contribution >= 4 is 17.6 Å². The van der Waals surface area contributed by atoms with Crippen molar-refractivity contribution in [3.05, 3.63) is 29.8 Å². The van der Waals surface area contributed by atoms with Gasteiger partial charge in [-0.15, -0.1) is 0 Å². The van der Waals surface area contributed by atoms with Crippen LogP contribution in [0.15, 0.2) is 23.2 Å².